The average molecular weight is 308 g/mol. The van der Waals surface area contributed by atoms with Crippen LogP contribution in [0.1, 0.15) is 32.1 Å². The van der Waals surface area contributed by atoms with Gasteiger partial charge in [0, 0.05) is 5.02 Å². The van der Waals surface area contributed by atoms with Crippen molar-refractivity contribution in [2.24, 2.45) is 0 Å². The first-order valence-electron chi connectivity index (χ1n) is 7.05. The zero-order valence-electron chi connectivity index (χ0n) is 12.1. The van der Waals surface area contributed by atoms with E-state index >= 15 is 0 Å². The largest absolute Gasteiger partial charge is 0.496 e. The molecule has 112 valence electrons. The smallest absolute Gasteiger partial charge is 0.246 e. The van der Waals surface area contributed by atoms with Crippen LogP contribution >= 0.6 is 11.6 Å². The predicted molar refractivity (Wildman–Crippen MR) is 80.5 cm³/mol. The molecule has 0 radical (unpaired) electrons. The number of nitrogens with one attached hydrogen (secondary N) is 1. The van der Waals surface area contributed by atoms with Gasteiger partial charge in [0.05, 0.1) is 18.2 Å². The lowest BCUT2D eigenvalue weighted by atomic mass is 9.91. The van der Waals surface area contributed by atoms with E-state index in [2.05, 4.69) is 22.4 Å². The van der Waals surface area contributed by atoms with E-state index in [4.69, 9.17) is 20.9 Å². The van der Waals surface area contributed by atoms with Gasteiger partial charge < -0.3 is 14.6 Å². The number of methoxy groups -OCH3 is 1. The van der Waals surface area contributed by atoms with Crippen molar-refractivity contribution in [1.29, 1.82) is 0 Å². The Labute approximate surface area is 128 Å². The molecule has 5 nitrogen and oxygen atoms in total. The quantitative estimate of drug-likeness (QED) is 0.942. The zero-order valence-corrected chi connectivity index (χ0v) is 12.9. The molecule has 1 aromatic carbocycles. The maximum Gasteiger partial charge on any atom is 0.246 e. The van der Waals surface area contributed by atoms with Crippen molar-refractivity contribution in [3.05, 3.63) is 29.1 Å². The van der Waals surface area contributed by atoms with Gasteiger partial charge in [0.2, 0.25) is 11.7 Å². The summed E-state index contributed by atoms with van der Waals surface area (Å²) in [4.78, 5) is 4.55. The van der Waals surface area contributed by atoms with Gasteiger partial charge in [0.1, 0.15) is 5.75 Å². The maximum absolute atomic E-state index is 5.98. The third-order valence-electron chi connectivity index (χ3n) is 3.92. The van der Waals surface area contributed by atoms with E-state index in [1.54, 1.807) is 19.2 Å². The summed E-state index contributed by atoms with van der Waals surface area (Å²) in [5.74, 6) is 1.78. The van der Waals surface area contributed by atoms with Crippen molar-refractivity contribution in [3.8, 4) is 17.1 Å². The molecule has 0 saturated carbocycles. The van der Waals surface area contributed by atoms with Crippen molar-refractivity contribution in [1.82, 2.24) is 15.5 Å². The molecule has 1 N–H and O–H groups in total. The van der Waals surface area contributed by atoms with Gasteiger partial charge in [-0.3, -0.25) is 0 Å². The Hall–Kier alpha value is -1.59. The summed E-state index contributed by atoms with van der Waals surface area (Å²) in [5.41, 5.74) is 0.527. The third kappa shape index (κ3) is 2.76. The standard InChI is InChI=1S/C15H18ClN3O2/c1-15(7-3-4-8-17-15)14-18-13(19-21-14)11-6-5-10(16)9-12(11)20-2/h5-6,9,17H,3-4,7-8H2,1-2H3. The third-order valence-corrected chi connectivity index (χ3v) is 4.16. The fraction of sp³-hybridized carbons (Fsp3) is 0.467. The summed E-state index contributed by atoms with van der Waals surface area (Å²) in [7, 11) is 1.60. The number of hydrogen-bond donors (Lipinski definition) is 1. The van der Waals surface area contributed by atoms with Crippen LogP contribution in [0, 0.1) is 0 Å². The number of ether oxygens (including phenoxy) is 1. The van der Waals surface area contributed by atoms with E-state index in [1.165, 1.54) is 6.42 Å². The second-order valence-electron chi connectivity index (χ2n) is 5.48. The van der Waals surface area contributed by atoms with Crippen LogP contribution in [0.4, 0.5) is 0 Å². The Kier molecular flexibility index (Phi) is 3.87. The first kappa shape index (κ1) is 14.4. The van der Waals surface area contributed by atoms with Crippen LogP contribution in [0.2, 0.25) is 5.02 Å². The molecule has 1 aromatic heterocycles. The van der Waals surface area contributed by atoms with E-state index in [0.717, 1.165) is 24.9 Å². The minimum absolute atomic E-state index is 0.247. The molecule has 0 amide bonds. The Balaban J connectivity index is 1.95. The highest BCUT2D eigenvalue weighted by Gasteiger charge is 2.34. The molecule has 0 spiro atoms. The van der Waals surface area contributed by atoms with Crippen molar-refractivity contribution in [2.75, 3.05) is 13.7 Å². The first-order chi connectivity index (χ1) is 10.1. The van der Waals surface area contributed by atoms with Crippen LogP contribution in [-0.2, 0) is 5.54 Å². The Bertz CT molecular complexity index is 636. The molecule has 1 aliphatic heterocycles. The van der Waals surface area contributed by atoms with E-state index in [0.29, 0.717) is 22.5 Å². The normalized spacial score (nSPS) is 22.2. The van der Waals surface area contributed by atoms with Gasteiger partial charge in [-0.25, -0.2) is 0 Å². The summed E-state index contributed by atoms with van der Waals surface area (Å²) in [6.45, 7) is 3.07. The molecular weight excluding hydrogens is 290 g/mol. The SMILES string of the molecule is COc1cc(Cl)ccc1-c1noc(C2(C)CCCCN2)n1. The minimum Gasteiger partial charge on any atom is -0.496 e. The number of hydrogen-bond acceptors (Lipinski definition) is 5. The number of nitrogens with zero attached hydrogens (tertiary/aromatic N) is 2. The monoisotopic (exact) mass is 307 g/mol. The predicted octanol–water partition coefficient (Wildman–Crippen LogP) is 3.39. The number of aromatic nitrogens is 2. The van der Waals surface area contributed by atoms with Crippen LogP contribution in [0.25, 0.3) is 11.4 Å². The van der Waals surface area contributed by atoms with E-state index < -0.39 is 0 Å². The molecule has 0 aliphatic carbocycles. The second kappa shape index (κ2) is 5.66. The second-order valence-corrected chi connectivity index (χ2v) is 5.92. The van der Waals surface area contributed by atoms with Gasteiger partial charge in [-0.15, -0.1) is 0 Å². The summed E-state index contributed by atoms with van der Waals surface area (Å²) < 4.78 is 10.8. The lowest BCUT2D eigenvalue weighted by Crippen LogP contribution is -2.43. The van der Waals surface area contributed by atoms with Gasteiger partial charge in [-0.1, -0.05) is 16.8 Å². The highest BCUT2D eigenvalue weighted by atomic mass is 35.5. The Morgan fingerprint density at radius 3 is 2.95 bits per heavy atom. The highest BCUT2D eigenvalue weighted by molar-refractivity contribution is 6.30. The lowest BCUT2D eigenvalue weighted by molar-refractivity contribution is 0.207. The van der Waals surface area contributed by atoms with Gasteiger partial charge in [0.25, 0.3) is 0 Å². The fourth-order valence-electron chi connectivity index (χ4n) is 2.65. The minimum atomic E-state index is -0.247. The average Bonchev–Trinajstić information content (AvgIpc) is 2.98. The molecule has 0 bridgehead atoms. The van der Waals surface area contributed by atoms with Gasteiger partial charge >= 0.3 is 0 Å². The number of benzene rings is 1. The molecule has 1 saturated heterocycles. The topological polar surface area (TPSA) is 60.2 Å². The summed E-state index contributed by atoms with van der Waals surface area (Å²) in [6.07, 6.45) is 3.33. The van der Waals surface area contributed by atoms with Gasteiger partial charge in [-0.2, -0.15) is 4.98 Å². The highest BCUT2D eigenvalue weighted by Crippen LogP contribution is 2.33. The number of rotatable bonds is 3. The maximum atomic E-state index is 5.98. The van der Waals surface area contributed by atoms with Crippen molar-refractivity contribution in [2.45, 2.75) is 31.7 Å². The molecule has 2 aromatic rings. The van der Waals surface area contributed by atoms with Crippen molar-refractivity contribution >= 4 is 11.6 Å². The molecule has 6 heteroatoms. The van der Waals surface area contributed by atoms with Crippen LogP contribution < -0.4 is 10.1 Å². The zero-order chi connectivity index (χ0) is 14.9. The van der Waals surface area contributed by atoms with Crippen LogP contribution in [-0.4, -0.2) is 23.8 Å². The van der Waals surface area contributed by atoms with Crippen molar-refractivity contribution < 1.29 is 9.26 Å². The van der Waals surface area contributed by atoms with Crippen LogP contribution in [0.5, 0.6) is 5.75 Å². The lowest BCUT2D eigenvalue weighted by Gasteiger charge is -2.31. The summed E-state index contributed by atoms with van der Waals surface area (Å²) in [6, 6.07) is 5.37. The molecule has 3 rings (SSSR count). The van der Waals surface area contributed by atoms with Crippen LogP contribution in [0.15, 0.2) is 22.7 Å². The molecule has 1 aliphatic rings. The molecule has 1 atom stereocenters. The molecular formula is C15H18ClN3O2. The summed E-state index contributed by atoms with van der Waals surface area (Å²) >= 11 is 5.98. The summed E-state index contributed by atoms with van der Waals surface area (Å²) in [5, 5.41) is 8.17. The number of halogens is 1. The van der Waals surface area contributed by atoms with Crippen LogP contribution in [0.3, 0.4) is 0 Å². The Morgan fingerprint density at radius 1 is 1.38 bits per heavy atom. The van der Waals surface area contributed by atoms with E-state index in [9.17, 15) is 0 Å². The molecule has 2 heterocycles. The number of piperidine rings is 1. The fourth-order valence-corrected chi connectivity index (χ4v) is 2.81. The molecule has 21 heavy (non-hydrogen) atoms. The van der Waals surface area contributed by atoms with E-state index in [1.807, 2.05) is 6.07 Å². The van der Waals surface area contributed by atoms with Gasteiger partial charge in [-0.05, 0) is 50.9 Å². The Morgan fingerprint density at radius 2 is 2.24 bits per heavy atom. The first-order valence-corrected chi connectivity index (χ1v) is 7.43. The van der Waals surface area contributed by atoms with E-state index in [-0.39, 0.29) is 5.54 Å². The molecule has 1 unspecified atom stereocenters. The van der Waals surface area contributed by atoms with Crippen molar-refractivity contribution in [3.63, 3.8) is 0 Å². The van der Waals surface area contributed by atoms with Gasteiger partial charge in [0.15, 0.2) is 0 Å². The molecule has 1 fully saturated rings.